The van der Waals surface area contributed by atoms with Crippen molar-refractivity contribution in [2.24, 2.45) is 5.92 Å². The average Bonchev–Trinajstić information content (AvgIpc) is 2.62. The van der Waals surface area contributed by atoms with E-state index in [2.05, 4.69) is 22.5 Å². The number of nitro benzene ring substituents is 1. The third-order valence-corrected chi connectivity index (χ3v) is 4.65. The van der Waals surface area contributed by atoms with Crippen LogP contribution < -0.4 is 15.5 Å². The van der Waals surface area contributed by atoms with E-state index in [4.69, 9.17) is 0 Å². The molecule has 1 atom stereocenters. The highest BCUT2D eigenvalue weighted by Gasteiger charge is 2.25. The normalized spacial score (nSPS) is 16.0. The van der Waals surface area contributed by atoms with Gasteiger partial charge in [-0.3, -0.25) is 19.7 Å². The molecular weight excluding hydrogens is 336 g/mol. The molecule has 8 nitrogen and oxygen atoms in total. The quantitative estimate of drug-likeness (QED) is 0.595. The van der Waals surface area contributed by atoms with Crippen LogP contribution in [0.3, 0.4) is 0 Å². The average molecular weight is 362 g/mol. The molecule has 1 saturated heterocycles. The Labute approximate surface area is 153 Å². The van der Waals surface area contributed by atoms with Crippen molar-refractivity contribution in [3.05, 3.63) is 33.9 Å². The summed E-state index contributed by atoms with van der Waals surface area (Å²) in [5.74, 6) is -0.153. The van der Waals surface area contributed by atoms with E-state index in [1.807, 2.05) is 0 Å². The number of nitrogens with one attached hydrogen (secondary N) is 2. The van der Waals surface area contributed by atoms with Crippen LogP contribution in [0.25, 0.3) is 0 Å². The fourth-order valence-corrected chi connectivity index (χ4v) is 3.01. The van der Waals surface area contributed by atoms with Crippen LogP contribution in [-0.2, 0) is 4.79 Å². The number of anilines is 1. The summed E-state index contributed by atoms with van der Waals surface area (Å²) in [4.78, 5) is 37.3. The van der Waals surface area contributed by atoms with Crippen LogP contribution in [0.15, 0.2) is 18.2 Å². The van der Waals surface area contributed by atoms with Crippen molar-refractivity contribution >= 4 is 23.2 Å². The van der Waals surface area contributed by atoms with Crippen molar-refractivity contribution in [3.8, 4) is 0 Å². The van der Waals surface area contributed by atoms with Gasteiger partial charge in [-0.2, -0.15) is 0 Å². The lowest BCUT2D eigenvalue weighted by Gasteiger charge is -2.33. The van der Waals surface area contributed by atoms with Crippen LogP contribution in [0.5, 0.6) is 0 Å². The second-order valence-corrected chi connectivity index (χ2v) is 6.72. The molecule has 1 aliphatic rings. The van der Waals surface area contributed by atoms with Gasteiger partial charge in [-0.1, -0.05) is 6.92 Å². The zero-order valence-corrected chi connectivity index (χ0v) is 15.4. The third kappa shape index (κ3) is 4.71. The molecule has 1 aromatic carbocycles. The summed E-state index contributed by atoms with van der Waals surface area (Å²) in [5.41, 5.74) is 0.753. The lowest BCUT2D eigenvalue weighted by molar-refractivity contribution is -0.384. The molecule has 0 radical (unpaired) electrons. The number of carbonyl (C=O) groups is 2. The van der Waals surface area contributed by atoms with Crippen molar-refractivity contribution in [3.63, 3.8) is 0 Å². The smallest absolute Gasteiger partial charge is 0.270 e. The largest absolute Gasteiger partial charge is 0.371 e. The molecule has 1 fully saturated rings. The first kappa shape index (κ1) is 19.7. The first-order valence-corrected chi connectivity index (χ1v) is 8.95. The highest BCUT2D eigenvalue weighted by atomic mass is 16.6. The molecule has 0 aliphatic carbocycles. The molecule has 1 unspecified atom stereocenters. The van der Waals surface area contributed by atoms with Gasteiger partial charge in [-0.05, 0) is 38.7 Å². The highest BCUT2D eigenvalue weighted by Crippen LogP contribution is 2.29. The van der Waals surface area contributed by atoms with Gasteiger partial charge < -0.3 is 15.5 Å². The number of hydrogen-bond donors (Lipinski definition) is 2. The minimum atomic E-state index is -0.726. The van der Waals surface area contributed by atoms with E-state index >= 15 is 0 Å². The maximum Gasteiger partial charge on any atom is 0.270 e. The van der Waals surface area contributed by atoms with Crippen LogP contribution in [0.2, 0.25) is 0 Å². The van der Waals surface area contributed by atoms with Gasteiger partial charge in [0.25, 0.3) is 11.6 Å². The Morgan fingerprint density at radius 3 is 2.58 bits per heavy atom. The zero-order valence-electron chi connectivity index (χ0n) is 15.4. The van der Waals surface area contributed by atoms with Crippen LogP contribution in [0, 0.1) is 16.0 Å². The predicted molar refractivity (Wildman–Crippen MR) is 99.3 cm³/mol. The maximum absolute atomic E-state index is 12.7. The van der Waals surface area contributed by atoms with Gasteiger partial charge >= 0.3 is 0 Å². The van der Waals surface area contributed by atoms with Gasteiger partial charge in [-0.25, -0.2) is 0 Å². The molecule has 2 amide bonds. The topological polar surface area (TPSA) is 105 Å². The minimum Gasteiger partial charge on any atom is -0.371 e. The summed E-state index contributed by atoms with van der Waals surface area (Å²) < 4.78 is 0. The van der Waals surface area contributed by atoms with Crippen molar-refractivity contribution < 1.29 is 14.5 Å². The van der Waals surface area contributed by atoms with E-state index in [0.717, 1.165) is 25.9 Å². The van der Waals surface area contributed by atoms with Crippen molar-refractivity contribution in [1.82, 2.24) is 10.6 Å². The summed E-state index contributed by atoms with van der Waals surface area (Å²) in [6.07, 6.45) is 2.01. The monoisotopic (exact) mass is 362 g/mol. The number of amides is 2. The van der Waals surface area contributed by atoms with Crippen LogP contribution in [-0.4, -0.2) is 42.4 Å². The summed E-state index contributed by atoms with van der Waals surface area (Å²) >= 11 is 0. The number of hydrogen-bond acceptors (Lipinski definition) is 5. The Hall–Kier alpha value is -2.64. The molecule has 1 aromatic rings. The van der Waals surface area contributed by atoms with Crippen LogP contribution >= 0.6 is 0 Å². The second kappa shape index (κ2) is 8.64. The van der Waals surface area contributed by atoms with Gasteiger partial charge in [0.15, 0.2) is 0 Å². The second-order valence-electron chi connectivity index (χ2n) is 6.72. The Balaban J connectivity index is 2.28. The molecule has 0 bridgehead atoms. The SMILES string of the molecule is CCNC(=O)C(C)NC(=O)c1cc([N+](=O)[O-])ccc1N1CCC(C)CC1. The molecule has 0 spiro atoms. The van der Waals surface area contributed by atoms with Crippen LogP contribution in [0.1, 0.15) is 44.0 Å². The van der Waals surface area contributed by atoms with Gasteiger partial charge in [0.1, 0.15) is 6.04 Å². The molecule has 142 valence electrons. The van der Waals surface area contributed by atoms with Gasteiger partial charge in [0, 0.05) is 31.8 Å². The fraction of sp³-hybridized carbons (Fsp3) is 0.556. The minimum absolute atomic E-state index is 0.144. The fourth-order valence-electron chi connectivity index (χ4n) is 3.01. The molecule has 8 heteroatoms. The molecule has 2 rings (SSSR count). The zero-order chi connectivity index (χ0) is 19.3. The molecule has 0 aromatic heterocycles. The van der Waals surface area contributed by atoms with E-state index in [9.17, 15) is 19.7 Å². The Bertz CT molecular complexity index is 684. The molecule has 2 N–H and O–H groups in total. The Morgan fingerprint density at radius 2 is 2.00 bits per heavy atom. The summed E-state index contributed by atoms with van der Waals surface area (Å²) in [6, 6.07) is 3.60. The van der Waals surface area contributed by atoms with E-state index in [-0.39, 0.29) is 17.2 Å². The number of non-ortho nitro benzene ring substituents is 1. The lowest BCUT2D eigenvalue weighted by atomic mass is 9.97. The van der Waals surface area contributed by atoms with E-state index < -0.39 is 16.9 Å². The number of rotatable bonds is 6. The summed E-state index contributed by atoms with van der Waals surface area (Å²) in [5, 5.41) is 16.4. The standard InChI is InChI=1S/C18H26N4O4/c1-4-19-17(23)13(3)20-18(24)15-11-14(22(25)26)5-6-16(15)21-9-7-12(2)8-10-21/h5-6,11-13H,4,7-10H2,1-3H3,(H,19,23)(H,20,24). The van der Waals surface area contributed by atoms with Gasteiger partial charge in [-0.15, -0.1) is 0 Å². The van der Waals surface area contributed by atoms with Crippen molar-refractivity contribution in [2.75, 3.05) is 24.5 Å². The van der Waals surface area contributed by atoms with Gasteiger partial charge in [0.05, 0.1) is 16.2 Å². The third-order valence-electron chi connectivity index (χ3n) is 4.65. The summed E-state index contributed by atoms with van der Waals surface area (Å²) in [7, 11) is 0. The van der Waals surface area contributed by atoms with E-state index in [1.165, 1.54) is 12.1 Å². The van der Waals surface area contributed by atoms with E-state index in [0.29, 0.717) is 18.2 Å². The molecule has 1 heterocycles. The summed E-state index contributed by atoms with van der Waals surface area (Å²) in [6.45, 7) is 7.63. The first-order chi connectivity index (χ1) is 12.3. The van der Waals surface area contributed by atoms with Gasteiger partial charge in [0.2, 0.25) is 5.91 Å². The van der Waals surface area contributed by atoms with E-state index in [1.54, 1.807) is 19.9 Å². The highest BCUT2D eigenvalue weighted by molar-refractivity contribution is 6.02. The maximum atomic E-state index is 12.7. The Kier molecular flexibility index (Phi) is 6.54. The predicted octanol–water partition coefficient (Wildman–Crippen LogP) is 2.09. The Morgan fingerprint density at radius 1 is 1.35 bits per heavy atom. The molecule has 26 heavy (non-hydrogen) atoms. The number of piperidine rings is 1. The molecule has 1 aliphatic heterocycles. The number of carbonyl (C=O) groups excluding carboxylic acids is 2. The number of benzene rings is 1. The molecule has 0 saturated carbocycles. The number of nitro groups is 1. The first-order valence-electron chi connectivity index (χ1n) is 8.95. The van der Waals surface area contributed by atoms with Crippen LogP contribution in [0.4, 0.5) is 11.4 Å². The van der Waals surface area contributed by atoms with Crippen molar-refractivity contribution in [1.29, 1.82) is 0 Å². The number of likely N-dealkylation sites (N-methyl/N-ethyl adjacent to an activating group) is 1. The lowest BCUT2D eigenvalue weighted by Crippen LogP contribution is -2.45. The molecular formula is C18H26N4O4. The van der Waals surface area contributed by atoms with Crippen molar-refractivity contribution in [2.45, 2.75) is 39.7 Å². The number of nitrogens with zero attached hydrogens (tertiary/aromatic N) is 2.